The van der Waals surface area contributed by atoms with E-state index in [1.165, 1.54) is 26.4 Å². The first kappa shape index (κ1) is 10.7. The maximum atomic E-state index is 11.2. The van der Waals surface area contributed by atoms with E-state index in [0.717, 1.165) is 0 Å². The van der Waals surface area contributed by atoms with Crippen molar-refractivity contribution in [1.82, 2.24) is 0 Å². The van der Waals surface area contributed by atoms with E-state index in [1.807, 2.05) is 0 Å². The Morgan fingerprint density at radius 1 is 1.43 bits per heavy atom. The molecule has 2 N–H and O–H groups in total. The maximum Gasteiger partial charge on any atom is 0.340 e. The number of halogens is 1. The monoisotopic (exact) mass is 215 g/mol. The van der Waals surface area contributed by atoms with Gasteiger partial charge in [0.2, 0.25) is 0 Å². The third-order valence-electron chi connectivity index (χ3n) is 1.73. The summed E-state index contributed by atoms with van der Waals surface area (Å²) in [5.41, 5.74) is 6.11. The molecule has 1 aromatic rings. The Hall–Kier alpha value is -1.42. The number of nitrogens with two attached hydrogens (primary N) is 1. The van der Waals surface area contributed by atoms with Gasteiger partial charge in [0, 0.05) is 11.8 Å². The van der Waals surface area contributed by atoms with Gasteiger partial charge >= 0.3 is 5.97 Å². The summed E-state index contributed by atoms with van der Waals surface area (Å²) in [6.45, 7) is 0. The second-order valence-electron chi connectivity index (χ2n) is 2.57. The number of esters is 1. The quantitative estimate of drug-likeness (QED) is 0.603. The lowest BCUT2D eigenvalue weighted by molar-refractivity contribution is 0.0602. The number of carbonyl (C=O) groups excluding carboxylic acids is 1. The van der Waals surface area contributed by atoms with Crippen LogP contribution in [-0.4, -0.2) is 20.2 Å². The summed E-state index contributed by atoms with van der Waals surface area (Å²) in [5, 5.41) is 0.321. The van der Waals surface area contributed by atoms with Crippen LogP contribution in [0.4, 0.5) is 5.69 Å². The number of methoxy groups -OCH3 is 2. The largest absolute Gasteiger partial charge is 0.495 e. The van der Waals surface area contributed by atoms with Gasteiger partial charge in [0.05, 0.1) is 24.8 Å². The Balaban J connectivity index is 3.21. The van der Waals surface area contributed by atoms with E-state index in [4.69, 9.17) is 22.1 Å². The molecule has 1 aromatic carbocycles. The third kappa shape index (κ3) is 1.90. The van der Waals surface area contributed by atoms with Gasteiger partial charge in [0.15, 0.2) is 0 Å². The van der Waals surface area contributed by atoms with Gasteiger partial charge < -0.3 is 15.2 Å². The lowest BCUT2D eigenvalue weighted by atomic mass is 10.2. The van der Waals surface area contributed by atoms with E-state index in [9.17, 15) is 4.79 Å². The first-order chi connectivity index (χ1) is 6.60. The number of hydrogen-bond acceptors (Lipinski definition) is 4. The lowest BCUT2D eigenvalue weighted by Crippen LogP contribution is -2.05. The lowest BCUT2D eigenvalue weighted by Gasteiger charge is -2.07. The van der Waals surface area contributed by atoms with Crippen LogP contribution in [0.2, 0.25) is 5.02 Å². The molecule has 0 aliphatic carbocycles. The molecule has 76 valence electrons. The number of benzene rings is 1. The molecule has 0 bridgehead atoms. The van der Waals surface area contributed by atoms with Crippen LogP contribution in [0.5, 0.6) is 5.75 Å². The van der Waals surface area contributed by atoms with Gasteiger partial charge in [-0.3, -0.25) is 0 Å². The van der Waals surface area contributed by atoms with Crippen molar-refractivity contribution < 1.29 is 14.3 Å². The fourth-order valence-corrected chi connectivity index (χ4v) is 1.25. The molecule has 0 amide bonds. The van der Waals surface area contributed by atoms with Gasteiger partial charge in [0.1, 0.15) is 5.75 Å². The molecule has 4 nitrogen and oxygen atoms in total. The molecule has 14 heavy (non-hydrogen) atoms. The van der Waals surface area contributed by atoms with Crippen molar-refractivity contribution in [1.29, 1.82) is 0 Å². The highest BCUT2D eigenvalue weighted by molar-refractivity contribution is 6.32. The van der Waals surface area contributed by atoms with E-state index < -0.39 is 5.97 Å². The van der Waals surface area contributed by atoms with Crippen molar-refractivity contribution in [3.8, 4) is 5.75 Å². The van der Waals surface area contributed by atoms with Gasteiger partial charge in [-0.05, 0) is 6.07 Å². The van der Waals surface area contributed by atoms with Crippen molar-refractivity contribution in [3.63, 3.8) is 0 Å². The van der Waals surface area contributed by atoms with Gasteiger partial charge in [-0.25, -0.2) is 4.79 Å². The maximum absolute atomic E-state index is 11.2. The topological polar surface area (TPSA) is 61.5 Å². The Labute approximate surface area is 86.6 Å². The summed E-state index contributed by atoms with van der Waals surface area (Å²) < 4.78 is 9.46. The second-order valence-corrected chi connectivity index (χ2v) is 2.97. The van der Waals surface area contributed by atoms with Crippen molar-refractivity contribution in [2.75, 3.05) is 20.0 Å². The molecule has 0 aromatic heterocycles. The standard InChI is InChI=1S/C9H10ClNO3/c1-13-8-4-7(11)5(3-6(8)10)9(12)14-2/h3-4H,11H2,1-2H3. The van der Waals surface area contributed by atoms with Crippen LogP contribution >= 0.6 is 11.6 Å². The summed E-state index contributed by atoms with van der Waals surface area (Å²) >= 11 is 5.81. The Bertz CT molecular complexity index is 365. The minimum atomic E-state index is -0.521. The highest BCUT2D eigenvalue weighted by Crippen LogP contribution is 2.29. The van der Waals surface area contributed by atoms with E-state index >= 15 is 0 Å². The van der Waals surface area contributed by atoms with Crippen LogP contribution in [0.3, 0.4) is 0 Å². The molecule has 0 radical (unpaired) electrons. The van der Waals surface area contributed by atoms with Crippen molar-refractivity contribution in [3.05, 3.63) is 22.7 Å². The first-order valence-corrected chi connectivity index (χ1v) is 4.19. The van der Waals surface area contributed by atoms with E-state index in [-0.39, 0.29) is 11.3 Å². The molecule has 0 unspecified atom stereocenters. The zero-order valence-electron chi connectivity index (χ0n) is 7.83. The molecule has 5 heteroatoms. The first-order valence-electron chi connectivity index (χ1n) is 3.81. The van der Waals surface area contributed by atoms with Crippen LogP contribution in [0.15, 0.2) is 12.1 Å². The molecule has 0 aliphatic rings. The van der Waals surface area contributed by atoms with Crippen molar-refractivity contribution in [2.24, 2.45) is 0 Å². The third-order valence-corrected chi connectivity index (χ3v) is 2.02. The summed E-state index contributed by atoms with van der Waals surface area (Å²) in [4.78, 5) is 11.2. The fourth-order valence-electron chi connectivity index (χ4n) is 1.01. The zero-order valence-corrected chi connectivity index (χ0v) is 8.59. The van der Waals surface area contributed by atoms with Gasteiger partial charge in [0.25, 0.3) is 0 Å². The summed E-state index contributed by atoms with van der Waals surface area (Å²) in [7, 11) is 2.75. The number of hydrogen-bond donors (Lipinski definition) is 1. The average Bonchev–Trinajstić information content (AvgIpc) is 2.19. The number of carbonyl (C=O) groups is 1. The van der Waals surface area contributed by atoms with E-state index in [2.05, 4.69) is 4.74 Å². The fraction of sp³-hybridized carbons (Fsp3) is 0.222. The Morgan fingerprint density at radius 3 is 2.57 bits per heavy atom. The molecular weight excluding hydrogens is 206 g/mol. The van der Waals surface area contributed by atoms with E-state index in [1.54, 1.807) is 0 Å². The summed E-state index contributed by atoms with van der Waals surface area (Å²) in [6.07, 6.45) is 0. The minimum absolute atomic E-state index is 0.235. The number of nitrogen functional groups attached to an aromatic ring is 1. The molecule has 0 aliphatic heterocycles. The number of ether oxygens (including phenoxy) is 2. The van der Waals surface area contributed by atoms with Gasteiger partial charge in [-0.2, -0.15) is 0 Å². The predicted octanol–water partition coefficient (Wildman–Crippen LogP) is 1.72. The van der Waals surface area contributed by atoms with Crippen LogP contribution in [0.1, 0.15) is 10.4 Å². The highest BCUT2D eigenvalue weighted by Gasteiger charge is 2.13. The van der Waals surface area contributed by atoms with Crippen LogP contribution in [-0.2, 0) is 4.74 Å². The molecule has 0 saturated carbocycles. The Morgan fingerprint density at radius 2 is 2.07 bits per heavy atom. The number of anilines is 1. The summed E-state index contributed by atoms with van der Waals surface area (Å²) in [6, 6.07) is 2.90. The number of rotatable bonds is 2. The van der Waals surface area contributed by atoms with Crippen LogP contribution in [0, 0.1) is 0 Å². The molecule has 1 rings (SSSR count). The molecular formula is C9H10ClNO3. The molecule has 0 fully saturated rings. The smallest absolute Gasteiger partial charge is 0.340 e. The molecule has 0 heterocycles. The Kier molecular flexibility index (Phi) is 3.19. The van der Waals surface area contributed by atoms with E-state index in [0.29, 0.717) is 10.8 Å². The van der Waals surface area contributed by atoms with Crippen molar-refractivity contribution >= 4 is 23.3 Å². The molecule has 0 atom stereocenters. The highest BCUT2D eigenvalue weighted by atomic mass is 35.5. The SMILES string of the molecule is COC(=O)c1cc(Cl)c(OC)cc1N. The zero-order chi connectivity index (χ0) is 10.7. The van der Waals surface area contributed by atoms with Crippen molar-refractivity contribution in [2.45, 2.75) is 0 Å². The average molecular weight is 216 g/mol. The normalized spacial score (nSPS) is 9.64. The second kappa shape index (κ2) is 4.19. The van der Waals surface area contributed by atoms with Crippen LogP contribution in [0.25, 0.3) is 0 Å². The van der Waals surface area contributed by atoms with Gasteiger partial charge in [-0.15, -0.1) is 0 Å². The van der Waals surface area contributed by atoms with Gasteiger partial charge in [-0.1, -0.05) is 11.6 Å². The molecule has 0 spiro atoms. The minimum Gasteiger partial charge on any atom is -0.495 e. The molecule has 0 saturated heterocycles. The predicted molar refractivity (Wildman–Crippen MR) is 53.8 cm³/mol. The summed E-state index contributed by atoms with van der Waals surface area (Å²) in [5.74, 6) is -0.0936. The van der Waals surface area contributed by atoms with Crippen LogP contribution < -0.4 is 10.5 Å².